The number of methoxy groups -OCH3 is 1. The van der Waals surface area contributed by atoms with Crippen molar-refractivity contribution in [3.8, 4) is 0 Å². The van der Waals surface area contributed by atoms with E-state index >= 15 is 0 Å². The lowest BCUT2D eigenvalue weighted by atomic mass is 9.61. The fourth-order valence-electron chi connectivity index (χ4n) is 2.46. The Hall–Kier alpha value is -0.860. The molecule has 0 amide bonds. The van der Waals surface area contributed by atoms with Crippen molar-refractivity contribution in [1.82, 2.24) is 0 Å². The van der Waals surface area contributed by atoms with Crippen LogP contribution in [-0.2, 0) is 10.2 Å². The van der Waals surface area contributed by atoms with E-state index in [1.807, 2.05) is 18.2 Å². The zero-order chi connectivity index (χ0) is 10.7. The van der Waals surface area contributed by atoms with E-state index in [2.05, 4.69) is 12.1 Å². The molecular formula is C13H18O2. The first-order valence-corrected chi connectivity index (χ1v) is 5.52. The molecule has 0 aliphatic heterocycles. The predicted octanol–water partition coefficient (Wildman–Crippen LogP) is 2.12. The van der Waals surface area contributed by atoms with Gasteiger partial charge in [-0.1, -0.05) is 36.8 Å². The second kappa shape index (κ2) is 4.33. The van der Waals surface area contributed by atoms with Crippen LogP contribution in [0.3, 0.4) is 0 Å². The van der Waals surface area contributed by atoms with Crippen molar-refractivity contribution in [2.45, 2.75) is 30.8 Å². The minimum absolute atomic E-state index is 0.0444. The molecule has 0 heterocycles. The van der Waals surface area contributed by atoms with Gasteiger partial charge in [0.15, 0.2) is 0 Å². The van der Waals surface area contributed by atoms with E-state index in [1.165, 1.54) is 12.0 Å². The Balaban J connectivity index is 2.22. The van der Waals surface area contributed by atoms with Crippen LogP contribution in [0.2, 0.25) is 0 Å². The first-order chi connectivity index (χ1) is 7.29. The molecule has 0 spiro atoms. The van der Waals surface area contributed by atoms with Crippen LogP contribution in [0, 0.1) is 0 Å². The quantitative estimate of drug-likeness (QED) is 0.817. The molecule has 1 aromatic rings. The second-order valence-electron chi connectivity index (χ2n) is 4.35. The minimum atomic E-state index is -0.376. The second-order valence-corrected chi connectivity index (χ2v) is 4.35. The van der Waals surface area contributed by atoms with E-state index in [4.69, 9.17) is 4.74 Å². The highest BCUT2D eigenvalue weighted by atomic mass is 16.5. The van der Waals surface area contributed by atoms with Gasteiger partial charge in [0.05, 0.1) is 12.7 Å². The van der Waals surface area contributed by atoms with Crippen LogP contribution in [-0.4, -0.2) is 24.9 Å². The molecular weight excluding hydrogens is 188 g/mol. The van der Waals surface area contributed by atoms with Gasteiger partial charge < -0.3 is 9.84 Å². The highest BCUT2D eigenvalue weighted by Gasteiger charge is 2.44. The molecule has 82 valence electrons. The lowest BCUT2D eigenvalue weighted by Gasteiger charge is -2.45. The first-order valence-electron chi connectivity index (χ1n) is 5.52. The number of rotatable bonds is 4. The molecule has 2 heteroatoms. The van der Waals surface area contributed by atoms with Crippen LogP contribution in [0.1, 0.15) is 24.8 Å². The fourth-order valence-corrected chi connectivity index (χ4v) is 2.46. The number of ether oxygens (including phenoxy) is 1. The molecule has 0 radical (unpaired) electrons. The number of benzene rings is 1. The minimum Gasteiger partial charge on any atom is -0.390 e. The molecule has 0 aromatic heterocycles. The maximum atomic E-state index is 10.1. The Morgan fingerprint density at radius 2 is 2.00 bits per heavy atom. The number of aliphatic hydroxyl groups excluding tert-OH is 1. The summed E-state index contributed by atoms with van der Waals surface area (Å²) in [4.78, 5) is 0. The van der Waals surface area contributed by atoms with Crippen molar-refractivity contribution in [1.29, 1.82) is 0 Å². The summed E-state index contributed by atoms with van der Waals surface area (Å²) in [5.74, 6) is 0. The third kappa shape index (κ3) is 1.80. The van der Waals surface area contributed by atoms with E-state index in [0.29, 0.717) is 6.61 Å². The van der Waals surface area contributed by atoms with Crippen molar-refractivity contribution in [2.24, 2.45) is 0 Å². The van der Waals surface area contributed by atoms with Gasteiger partial charge in [-0.2, -0.15) is 0 Å². The monoisotopic (exact) mass is 206 g/mol. The molecule has 15 heavy (non-hydrogen) atoms. The summed E-state index contributed by atoms with van der Waals surface area (Å²) in [6.07, 6.45) is 2.97. The Bertz CT molecular complexity index is 304. The zero-order valence-corrected chi connectivity index (χ0v) is 9.15. The Kier molecular flexibility index (Phi) is 3.08. The molecule has 1 atom stereocenters. The predicted molar refractivity (Wildman–Crippen MR) is 59.9 cm³/mol. The molecule has 0 saturated heterocycles. The Morgan fingerprint density at radius 3 is 2.47 bits per heavy atom. The molecule has 1 aliphatic rings. The molecule has 2 nitrogen and oxygen atoms in total. The summed E-state index contributed by atoms with van der Waals surface area (Å²) in [5.41, 5.74) is 1.21. The molecule has 1 fully saturated rings. The standard InChI is InChI=1S/C13H18O2/c1-15-10-12(14)13(8-5-9-13)11-6-3-2-4-7-11/h2-4,6-7,12,14H,5,8-10H2,1H3. The molecule has 1 unspecified atom stereocenters. The van der Waals surface area contributed by atoms with Crippen molar-refractivity contribution >= 4 is 0 Å². The number of hydrogen-bond donors (Lipinski definition) is 1. The van der Waals surface area contributed by atoms with Crippen LogP contribution in [0.25, 0.3) is 0 Å². The van der Waals surface area contributed by atoms with Gasteiger partial charge in [0, 0.05) is 12.5 Å². The zero-order valence-electron chi connectivity index (χ0n) is 9.15. The van der Waals surface area contributed by atoms with Gasteiger partial charge in [0.25, 0.3) is 0 Å². The van der Waals surface area contributed by atoms with Crippen LogP contribution in [0.15, 0.2) is 30.3 Å². The van der Waals surface area contributed by atoms with Crippen LogP contribution in [0.4, 0.5) is 0 Å². The van der Waals surface area contributed by atoms with E-state index < -0.39 is 0 Å². The SMILES string of the molecule is COCC(O)C1(c2ccccc2)CCC1. The van der Waals surface area contributed by atoms with Crippen molar-refractivity contribution in [3.63, 3.8) is 0 Å². The summed E-state index contributed by atoms with van der Waals surface area (Å²) >= 11 is 0. The van der Waals surface area contributed by atoms with E-state index in [1.54, 1.807) is 7.11 Å². The van der Waals surface area contributed by atoms with E-state index in [-0.39, 0.29) is 11.5 Å². The average molecular weight is 206 g/mol. The van der Waals surface area contributed by atoms with Crippen LogP contribution in [0.5, 0.6) is 0 Å². The maximum absolute atomic E-state index is 10.1. The lowest BCUT2D eigenvalue weighted by Crippen LogP contribution is -2.47. The van der Waals surface area contributed by atoms with Gasteiger partial charge in [-0.15, -0.1) is 0 Å². The van der Waals surface area contributed by atoms with Gasteiger partial charge in [0.2, 0.25) is 0 Å². The number of aliphatic hydroxyl groups is 1. The van der Waals surface area contributed by atoms with Crippen LogP contribution >= 0.6 is 0 Å². The molecule has 2 rings (SSSR count). The lowest BCUT2D eigenvalue weighted by molar-refractivity contribution is -0.0241. The molecule has 1 saturated carbocycles. The van der Waals surface area contributed by atoms with Gasteiger partial charge in [0.1, 0.15) is 0 Å². The smallest absolute Gasteiger partial charge is 0.0869 e. The molecule has 1 aliphatic carbocycles. The summed E-state index contributed by atoms with van der Waals surface area (Å²) < 4.78 is 5.06. The average Bonchev–Trinajstić information content (AvgIpc) is 2.18. The first kappa shape index (κ1) is 10.7. The molecule has 1 aromatic carbocycles. The van der Waals surface area contributed by atoms with Crippen molar-refractivity contribution in [2.75, 3.05) is 13.7 Å². The summed E-state index contributed by atoms with van der Waals surface area (Å²) in [6.45, 7) is 0.425. The fraction of sp³-hybridized carbons (Fsp3) is 0.538. The highest BCUT2D eigenvalue weighted by molar-refractivity contribution is 5.29. The van der Waals surface area contributed by atoms with Gasteiger partial charge in [-0.3, -0.25) is 0 Å². The normalized spacial score (nSPS) is 20.7. The highest BCUT2D eigenvalue weighted by Crippen LogP contribution is 2.46. The topological polar surface area (TPSA) is 29.5 Å². The maximum Gasteiger partial charge on any atom is 0.0869 e. The van der Waals surface area contributed by atoms with Gasteiger partial charge in [-0.05, 0) is 18.4 Å². The van der Waals surface area contributed by atoms with Gasteiger partial charge >= 0.3 is 0 Å². The van der Waals surface area contributed by atoms with E-state index in [9.17, 15) is 5.11 Å². The number of hydrogen-bond acceptors (Lipinski definition) is 2. The Labute approximate surface area is 90.9 Å². The molecule has 0 bridgehead atoms. The summed E-state index contributed by atoms with van der Waals surface area (Å²) in [6, 6.07) is 10.3. The summed E-state index contributed by atoms with van der Waals surface area (Å²) in [7, 11) is 1.64. The molecule has 1 N–H and O–H groups in total. The largest absolute Gasteiger partial charge is 0.390 e. The van der Waals surface area contributed by atoms with Gasteiger partial charge in [-0.25, -0.2) is 0 Å². The third-order valence-electron chi connectivity index (χ3n) is 3.56. The Morgan fingerprint density at radius 1 is 1.33 bits per heavy atom. The van der Waals surface area contributed by atoms with Crippen molar-refractivity contribution in [3.05, 3.63) is 35.9 Å². The van der Waals surface area contributed by atoms with E-state index in [0.717, 1.165) is 12.8 Å². The summed E-state index contributed by atoms with van der Waals surface area (Å²) in [5, 5.41) is 10.1. The third-order valence-corrected chi connectivity index (χ3v) is 3.56. The van der Waals surface area contributed by atoms with Crippen LogP contribution < -0.4 is 0 Å². The van der Waals surface area contributed by atoms with Crippen molar-refractivity contribution < 1.29 is 9.84 Å².